The number of hydrogen-bond donors (Lipinski definition) is 2. The van der Waals surface area contributed by atoms with E-state index in [4.69, 9.17) is 20.9 Å². The zero-order valence-corrected chi connectivity index (χ0v) is 12.8. The summed E-state index contributed by atoms with van der Waals surface area (Å²) < 4.78 is 9.47. The van der Waals surface area contributed by atoms with E-state index < -0.39 is 12.2 Å². The molecular formula is C15H23N3O4. The molecule has 0 saturated heterocycles. The van der Waals surface area contributed by atoms with Crippen LogP contribution in [0.4, 0.5) is 15.3 Å². The number of benzene rings is 1. The summed E-state index contributed by atoms with van der Waals surface area (Å²) in [4.78, 5) is 23.3. The van der Waals surface area contributed by atoms with E-state index >= 15 is 0 Å². The average molecular weight is 309 g/mol. The molecule has 0 heterocycles. The van der Waals surface area contributed by atoms with Crippen LogP contribution >= 0.6 is 0 Å². The second-order valence-electron chi connectivity index (χ2n) is 4.87. The second kappa shape index (κ2) is 9.49. The zero-order valence-electron chi connectivity index (χ0n) is 12.8. The number of primary amides is 2. The Balaban J connectivity index is 2.52. The molecule has 7 heteroatoms. The van der Waals surface area contributed by atoms with Crippen LogP contribution in [0.2, 0.25) is 0 Å². The van der Waals surface area contributed by atoms with E-state index in [0.29, 0.717) is 25.9 Å². The lowest BCUT2D eigenvalue weighted by Gasteiger charge is -2.25. The highest BCUT2D eigenvalue weighted by Crippen LogP contribution is 2.16. The summed E-state index contributed by atoms with van der Waals surface area (Å²) in [7, 11) is 0. The van der Waals surface area contributed by atoms with Gasteiger partial charge in [0.05, 0.1) is 13.2 Å². The number of nitrogens with zero attached hydrogens (tertiary/aromatic N) is 1. The number of nitrogens with two attached hydrogens (primary N) is 2. The molecule has 0 bridgehead atoms. The fourth-order valence-corrected chi connectivity index (χ4v) is 2.05. The first-order valence-electron chi connectivity index (χ1n) is 7.15. The molecule has 7 nitrogen and oxygen atoms in total. The van der Waals surface area contributed by atoms with E-state index in [1.165, 1.54) is 0 Å². The maximum atomic E-state index is 10.6. The van der Waals surface area contributed by atoms with Crippen molar-refractivity contribution in [1.82, 2.24) is 0 Å². The number of amides is 2. The Kier molecular flexibility index (Phi) is 7.60. The van der Waals surface area contributed by atoms with Crippen LogP contribution in [0, 0.1) is 6.92 Å². The molecular weight excluding hydrogens is 286 g/mol. The van der Waals surface area contributed by atoms with Gasteiger partial charge in [-0.25, -0.2) is 9.59 Å². The number of hydrogen-bond acceptors (Lipinski definition) is 5. The van der Waals surface area contributed by atoms with Gasteiger partial charge in [-0.1, -0.05) is 12.1 Å². The van der Waals surface area contributed by atoms with Gasteiger partial charge in [0, 0.05) is 18.8 Å². The van der Waals surface area contributed by atoms with Crippen molar-refractivity contribution >= 4 is 17.9 Å². The molecule has 0 fully saturated rings. The highest BCUT2D eigenvalue weighted by Gasteiger charge is 2.07. The summed E-state index contributed by atoms with van der Waals surface area (Å²) in [5, 5.41) is 0. The molecule has 0 atom stereocenters. The van der Waals surface area contributed by atoms with Crippen molar-refractivity contribution in [3.63, 3.8) is 0 Å². The molecule has 1 aromatic rings. The minimum Gasteiger partial charge on any atom is -0.450 e. The quantitative estimate of drug-likeness (QED) is 0.676. The third-order valence-corrected chi connectivity index (χ3v) is 3.00. The molecule has 0 aromatic heterocycles. The molecule has 4 N–H and O–H groups in total. The standard InChI is InChI=1S/C15H23N3O4/c1-12-5-2-6-13(11-12)18(7-3-9-21-14(16)19)8-4-10-22-15(17)20/h2,5-6,11H,3-4,7-10H2,1H3,(H2,16,19)(H2,17,20). The SMILES string of the molecule is Cc1cccc(N(CCCOC(N)=O)CCCOC(N)=O)c1. The van der Waals surface area contributed by atoms with Gasteiger partial charge in [0.15, 0.2) is 0 Å². The number of rotatable bonds is 9. The lowest BCUT2D eigenvalue weighted by Crippen LogP contribution is -2.28. The summed E-state index contributed by atoms with van der Waals surface area (Å²) in [5.74, 6) is 0. The van der Waals surface area contributed by atoms with Gasteiger partial charge < -0.3 is 25.8 Å². The normalized spacial score (nSPS) is 10.0. The predicted octanol–water partition coefficient (Wildman–Crippen LogP) is 1.77. The van der Waals surface area contributed by atoms with Gasteiger partial charge >= 0.3 is 12.2 Å². The van der Waals surface area contributed by atoms with Gasteiger partial charge in [-0.3, -0.25) is 0 Å². The minimum atomic E-state index is -0.767. The molecule has 122 valence electrons. The van der Waals surface area contributed by atoms with E-state index in [0.717, 1.165) is 11.3 Å². The van der Waals surface area contributed by atoms with Crippen LogP contribution < -0.4 is 16.4 Å². The maximum absolute atomic E-state index is 10.6. The van der Waals surface area contributed by atoms with E-state index in [1.54, 1.807) is 0 Å². The number of carbonyl (C=O) groups is 2. The van der Waals surface area contributed by atoms with Crippen LogP contribution in [-0.2, 0) is 9.47 Å². The second-order valence-corrected chi connectivity index (χ2v) is 4.87. The number of ether oxygens (including phenoxy) is 2. The molecule has 0 aliphatic heterocycles. The first-order valence-corrected chi connectivity index (χ1v) is 7.15. The van der Waals surface area contributed by atoms with Gasteiger partial charge in [-0.15, -0.1) is 0 Å². The van der Waals surface area contributed by atoms with Crippen LogP contribution in [0.5, 0.6) is 0 Å². The minimum absolute atomic E-state index is 0.273. The molecule has 1 rings (SSSR count). The highest BCUT2D eigenvalue weighted by atomic mass is 16.5. The molecule has 22 heavy (non-hydrogen) atoms. The fraction of sp³-hybridized carbons (Fsp3) is 0.467. The molecule has 0 saturated carbocycles. The summed E-state index contributed by atoms with van der Waals surface area (Å²) in [6, 6.07) is 8.09. The van der Waals surface area contributed by atoms with Crippen LogP contribution in [0.3, 0.4) is 0 Å². The summed E-state index contributed by atoms with van der Waals surface area (Å²) >= 11 is 0. The maximum Gasteiger partial charge on any atom is 0.404 e. The lowest BCUT2D eigenvalue weighted by atomic mass is 10.2. The van der Waals surface area contributed by atoms with Gasteiger partial charge in [0.25, 0.3) is 0 Å². The Morgan fingerprint density at radius 3 is 2.05 bits per heavy atom. The van der Waals surface area contributed by atoms with Gasteiger partial charge in [-0.05, 0) is 37.5 Å². The van der Waals surface area contributed by atoms with Crippen LogP contribution in [0.15, 0.2) is 24.3 Å². The van der Waals surface area contributed by atoms with Crippen molar-refractivity contribution in [2.24, 2.45) is 11.5 Å². The van der Waals surface area contributed by atoms with E-state index in [1.807, 2.05) is 25.1 Å². The Morgan fingerprint density at radius 1 is 1.05 bits per heavy atom. The molecule has 0 aliphatic carbocycles. The van der Waals surface area contributed by atoms with Crippen LogP contribution in [0.25, 0.3) is 0 Å². The van der Waals surface area contributed by atoms with E-state index in [-0.39, 0.29) is 13.2 Å². The molecule has 0 spiro atoms. The largest absolute Gasteiger partial charge is 0.450 e. The average Bonchev–Trinajstić information content (AvgIpc) is 2.45. The monoisotopic (exact) mass is 309 g/mol. The number of aryl methyl sites for hydroxylation is 1. The molecule has 0 aliphatic rings. The van der Waals surface area contributed by atoms with Crippen LogP contribution in [-0.4, -0.2) is 38.5 Å². The summed E-state index contributed by atoms with van der Waals surface area (Å²) in [5.41, 5.74) is 12.1. The topological polar surface area (TPSA) is 108 Å². The lowest BCUT2D eigenvalue weighted by molar-refractivity contribution is 0.155. The van der Waals surface area contributed by atoms with E-state index in [9.17, 15) is 9.59 Å². The summed E-state index contributed by atoms with van der Waals surface area (Å²) in [6.07, 6.45) is -0.213. The van der Waals surface area contributed by atoms with Crippen molar-refractivity contribution in [3.05, 3.63) is 29.8 Å². The van der Waals surface area contributed by atoms with Crippen molar-refractivity contribution < 1.29 is 19.1 Å². The number of anilines is 1. The first-order chi connectivity index (χ1) is 10.5. The Bertz CT molecular complexity index is 471. The zero-order chi connectivity index (χ0) is 16.4. The predicted molar refractivity (Wildman–Crippen MR) is 83.7 cm³/mol. The first kappa shape index (κ1) is 17.6. The van der Waals surface area contributed by atoms with E-state index in [2.05, 4.69) is 11.0 Å². The Labute approximate surface area is 130 Å². The van der Waals surface area contributed by atoms with Crippen molar-refractivity contribution in [3.8, 4) is 0 Å². The molecule has 2 amide bonds. The van der Waals surface area contributed by atoms with Gasteiger partial charge in [0.2, 0.25) is 0 Å². The Hall–Kier alpha value is -2.44. The third kappa shape index (κ3) is 7.37. The molecule has 0 radical (unpaired) electrons. The third-order valence-electron chi connectivity index (χ3n) is 3.00. The van der Waals surface area contributed by atoms with Gasteiger partial charge in [-0.2, -0.15) is 0 Å². The van der Waals surface area contributed by atoms with Crippen molar-refractivity contribution in [1.29, 1.82) is 0 Å². The fourth-order valence-electron chi connectivity index (χ4n) is 2.05. The molecule has 0 unspecified atom stereocenters. The Morgan fingerprint density at radius 2 is 1.59 bits per heavy atom. The highest BCUT2D eigenvalue weighted by molar-refractivity contribution is 5.64. The van der Waals surface area contributed by atoms with Crippen LogP contribution in [0.1, 0.15) is 18.4 Å². The number of carbonyl (C=O) groups excluding carboxylic acids is 2. The smallest absolute Gasteiger partial charge is 0.404 e. The van der Waals surface area contributed by atoms with Crippen molar-refractivity contribution in [2.75, 3.05) is 31.2 Å². The summed E-state index contributed by atoms with van der Waals surface area (Å²) in [6.45, 7) is 3.97. The van der Waals surface area contributed by atoms with Gasteiger partial charge in [0.1, 0.15) is 0 Å². The molecule has 1 aromatic carbocycles. The van der Waals surface area contributed by atoms with Crippen molar-refractivity contribution in [2.45, 2.75) is 19.8 Å².